The Hall–Kier alpha value is -1.85. The Morgan fingerprint density at radius 1 is 1.29 bits per heavy atom. The number of carbonyl (C=O) groups excluding carboxylic acids is 1. The minimum Gasteiger partial charge on any atom is -0.397 e. The summed E-state index contributed by atoms with van der Waals surface area (Å²) in [6.45, 7) is 2.69. The average molecular weight is 316 g/mol. The number of aryl methyl sites for hydroxylation is 1. The summed E-state index contributed by atoms with van der Waals surface area (Å²) >= 11 is 3.12. The lowest BCUT2D eigenvalue weighted by Gasteiger charge is -2.04. The molecule has 0 bridgehead atoms. The number of hydrogen-bond donors (Lipinski definition) is 2. The van der Waals surface area contributed by atoms with Crippen LogP contribution < -0.4 is 11.1 Å². The number of nitrogens with two attached hydrogens (primary N) is 1. The molecule has 0 aliphatic rings. The molecule has 0 saturated heterocycles. The van der Waals surface area contributed by atoms with E-state index in [4.69, 9.17) is 5.73 Å². The minimum absolute atomic E-state index is 0.0934. The van der Waals surface area contributed by atoms with Gasteiger partial charge in [0.1, 0.15) is 4.88 Å². The zero-order chi connectivity index (χ0) is 14.8. The maximum atomic E-state index is 12.4. The SMILES string of the molecule is CCc1ccsc1CNC(=O)c1sc2ccccc2c1N. The van der Waals surface area contributed by atoms with Crippen LogP contribution in [0.2, 0.25) is 0 Å². The standard InChI is InChI=1S/C16H16N2OS2/c1-2-10-7-8-20-13(10)9-18-16(19)15-14(17)11-5-3-4-6-12(11)21-15/h3-8H,2,9,17H2,1H3,(H,18,19). The van der Waals surface area contributed by atoms with Crippen LogP contribution in [0.1, 0.15) is 27.0 Å². The molecule has 108 valence electrons. The fourth-order valence-electron chi connectivity index (χ4n) is 2.31. The number of nitrogen functional groups attached to an aromatic ring is 1. The Balaban J connectivity index is 1.80. The van der Waals surface area contributed by atoms with E-state index >= 15 is 0 Å². The minimum atomic E-state index is -0.0934. The van der Waals surface area contributed by atoms with E-state index in [-0.39, 0.29) is 5.91 Å². The van der Waals surface area contributed by atoms with Crippen LogP contribution >= 0.6 is 22.7 Å². The summed E-state index contributed by atoms with van der Waals surface area (Å²) in [6.07, 6.45) is 0.986. The summed E-state index contributed by atoms with van der Waals surface area (Å²) in [4.78, 5) is 14.2. The van der Waals surface area contributed by atoms with Crippen molar-refractivity contribution in [2.75, 3.05) is 5.73 Å². The number of anilines is 1. The van der Waals surface area contributed by atoms with Crippen LogP contribution in [0.15, 0.2) is 35.7 Å². The predicted molar refractivity (Wildman–Crippen MR) is 91.1 cm³/mol. The van der Waals surface area contributed by atoms with Gasteiger partial charge in [0.05, 0.1) is 12.2 Å². The van der Waals surface area contributed by atoms with Crippen molar-refractivity contribution in [2.45, 2.75) is 19.9 Å². The third-order valence-electron chi connectivity index (χ3n) is 3.47. The van der Waals surface area contributed by atoms with Gasteiger partial charge in [-0.05, 0) is 29.5 Å². The average Bonchev–Trinajstić information content (AvgIpc) is 3.09. The summed E-state index contributed by atoms with van der Waals surface area (Å²) in [5.74, 6) is -0.0934. The molecule has 3 rings (SSSR count). The zero-order valence-electron chi connectivity index (χ0n) is 11.7. The van der Waals surface area contributed by atoms with Gasteiger partial charge in [0.15, 0.2) is 0 Å². The number of fused-ring (bicyclic) bond motifs is 1. The number of hydrogen-bond acceptors (Lipinski definition) is 4. The number of thiophene rings is 2. The largest absolute Gasteiger partial charge is 0.397 e. The van der Waals surface area contributed by atoms with Crippen LogP contribution in [0, 0.1) is 0 Å². The molecule has 0 radical (unpaired) electrons. The van der Waals surface area contributed by atoms with E-state index < -0.39 is 0 Å². The van der Waals surface area contributed by atoms with E-state index in [1.165, 1.54) is 21.8 Å². The zero-order valence-corrected chi connectivity index (χ0v) is 13.3. The normalized spacial score (nSPS) is 10.9. The van der Waals surface area contributed by atoms with Crippen LogP contribution in [0.25, 0.3) is 10.1 Å². The third kappa shape index (κ3) is 2.66. The van der Waals surface area contributed by atoms with Gasteiger partial charge in [-0.2, -0.15) is 0 Å². The molecule has 3 aromatic rings. The Morgan fingerprint density at radius 2 is 2.10 bits per heavy atom. The lowest BCUT2D eigenvalue weighted by Crippen LogP contribution is -2.22. The first kappa shape index (κ1) is 14.1. The molecular formula is C16H16N2OS2. The number of carbonyl (C=O) groups is 1. The molecule has 5 heteroatoms. The van der Waals surface area contributed by atoms with E-state index in [9.17, 15) is 4.79 Å². The summed E-state index contributed by atoms with van der Waals surface area (Å²) < 4.78 is 1.05. The maximum Gasteiger partial charge on any atom is 0.263 e. The van der Waals surface area contributed by atoms with Crippen molar-refractivity contribution in [3.63, 3.8) is 0 Å². The fraction of sp³-hybridized carbons (Fsp3) is 0.188. The van der Waals surface area contributed by atoms with Gasteiger partial charge in [-0.25, -0.2) is 0 Å². The van der Waals surface area contributed by atoms with Crippen LogP contribution in [0.3, 0.4) is 0 Å². The topological polar surface area (TPSA) is 55.1 Å². The lowest BCUT2D eigenvalue weighted by molar-refractivity contribution is 0.0956. The highest BCUT2D eigenvalue weighted by Crippen LogP contribution is 2.33. The molecular weight excluding hydrogens is 300 g/mol. The molecule has 3 N–H and O–H groups in total. The van der Waals surface area contributed by atoms with Gasteiger partial charge in [0.25, 0.3) is 5.91 Å². The van der Waals surface area contributed by atoms with E-state index in [0.29, 0.717) is 17.1 Å². The molecule has 0 aliphatic carbocycles. The molecule has 0 fully saturated rings. The van der Waals surface area contributed by atoms with Gasteiger partial charge in [0, 0.05) is 15.0 Å². The highest BCUT2D eigenvalue weighted by atomic mass is 32.1. The first-order chi connectivity index (χ1) is 10.2. The van der Waals surface area contributed by atoms with Gasteiger partial charge in [0.2, 0.25) is 0 Å². The second-order valence-corrected chi connectivity index (χ2v) is 6.80. The maximum absolute atomic E-state index is 12.4. The Bertz CT molecular complexity index is 789. The molecule has 0 spiro atoms. The molecule has 3 nitrogen and oxygen atoms in total. The summed E-state index contributed by atoms with van der Waals surface area (Å²) in [6, 6.07) is 9.94. The van der Waals surface area contributed by atoms with Gasteiger partial charge < -0.3 is 11.1 Å². The number of nitrogens with one attached hydrogen (secondary N) is 1. The molecule has 0 unspecified atom stereocenters. The molecule has 2 heterocycles. The first-order valence-corrected chi connectivity index (χ1v) is 8.50. The fourth-order valence-corrected chi connectivity index (χ4v) is 4.27. The van der Waals surface area contributed by atoms with Gasteiger partial charge >= 0.3 is 0 Å². The Kier molecular flexibility index (Phi) is 3.94. The van der Waals surface area contributed by atoms with Gasteiger partial charge in [-0.1, -0.05) is 25.1 Å². The van der Waals surface area contributed by atoms with Gasteiger partial charge in [-0.15, -0.1) is 22.7 Å². The summed E-state index contributed by atoms with van der Waals surface area (Å²) in [7, 11) is 0. The highest BCUT2D eigenvalue weighted by Gasteiger charge is 2.16. The van der Waals surface area contributed by atoms with Crippen LogP contribution in [0.4, 0.5) is 5.69 Å². The van der Waals surface area contributed by atoms with Crippen molar-refractivity contribution >= 4 is 44.4 Å². The molecule has 2 aromatic heterocycles. The number of benzene rings is 1. The lowest BCUT2D eigenvalue weighted by atomic mass is 10.2. The first-order valence-electron chi connectivity index (χ1n) is 6.81. The van der Waals surface area contributed by atoms with E-state index in [1.807, 2.05) is 24.3 Å². The van der Waals surface area contributed by atoms with E-state index in [2.05, 4.69) is 23.7 Å². The second-order valence-electron chi connectivity index (χ2n) is 4.75. The number of rotatable bonds is 4. The molecule has 1 aromatic carbocycles. The van der Waals surface area contributed by atoms with E-state index in [1.54, 1.807) is 11.3 Å². The van der Waals surface area contributed by atoms with Crippen molar-refractivity contribution in [2.24, 2.45) is 0 Å². The van der Waals surface area contributed by atoms with Crippen molar-refractivity contribution in [1.82, 2.24) is 5.32 Å². The molecule has 0 saturated carbocycles. The number of amides is 1. The highest BCUT2D eigenvalue weighted by molar-refractivity contribution is 7.21. The van der Waals surface area contributed by atoms with Crippen LogP contribution in [-0.4, -0.2) is 5.91 Å². The summed E-state index contributed by atoms with van der Waals surface area (Å²) in [5.41, 5.74) is 7.97. The van der Waals surface area contributed by atoms with Crippen molar-refractivity contribution in [3.05, 3.63) is 51.0 Å². The molecule has 1 amide bonds. The quantitative estimate of drug-likeness (QED) is 0.763. The second kappa shape index (κ2) is 5.87. The Labute approximate surface area is 131 Å². The van der Waals surface area contributed by atoms with Crippen molar-refractivity contribution in [1.29, 1.82) is 0 Å². The molecule has 0 aliphatic heterocycles. The van der Waals surface area contributed by atoms with Crippen LogP contribution in [0.5, 0.6) is 0 Å². The van der Waals surface area contributed by atoms with Crippen molar-refractivity contribution in [3.8, 4) is 0 Å². The van der Waals surface area contributed by atoms with Crippen LogP contribution in [-0.2, 0) is 13.0 Å². The van der Waals surface area contributed by atoms with Gasteiger partial charge in [-0.3, -0.25) is 4.79 Å². The van der Waals surface area contributed by atoms with E-state index in [0.717, 1.165) is 16.5 Å². The Morgan fingerprint density at radius 3 is 2.86 bits per heavy atom. The molecule has 21 heavy (non-hydrogen) atoms. The monoisotopic (exact) mass is 316 g/mol. The smallest absolute Gasteiger partial charge is 0.263 e. The predicted octanol–water partition coefficient (Wildman–Crippen LogP) is 4.04. The molecule has 0 atom stereocenters. The summed E-state index contributed by atoms with van der Waals surface area (Å²) in [5, 5.41) is 6.00. The van der Waals surface area contributed by atoms with Crippen molar-refractivity contribution < 1.29 is 4.79 Å². The third-order valence-corrected chi connectivity index (χ3v) is 5.62.